The molecule has 1 atom stereocenters. The number of ether oxygens (including phenoxy) is 1. The Morgan fingerprint density at radius 2 is 2.14 bits per heavy atom. The minimum atomic E-state index is -0.734. The molecule has 0 radical (unpaired) electrons. The van der Waals surface area contributed by atoms with E-state index in [2.05, 4.69) is 15.5 Å². The first kappa shape index (κ1) is 15.0. The molecular weight excluding hydrogens is 312 g/mol. The topological polar surface area (TPSA) is 64.1 Å². The first-order chi connectivity index (χ1) is 10.6. The number of rotatable bonds is 4. The predicted molar refractivity (Wildman–Crippen MR) is 76.6 cm³/mol. The van der Waals surface area contributed by atoms with Crippen molar-refractivity contribution in [2.45, 2.75) is 18.9 Å². The lowest BCUT2D eigenvalue weighted by molar-refractivity contribution is 0.0857. The maximum atomic E-state index is 13.7. The summed E-state index contributed by atoms with van der Waals surface area (Å²) >= 11 is 0.850. The zero-order valence-corrected chi connectivity index (χ0v) is 12.3. The summed E-state index contributed by atoms with van der Waals surface area (Å²) in [6.07, 6.45) is 1.90. The monoisotopic (exact) mass is 325 g/mol. The van der Waals surface area contributed by atoms with Gasteiger partial charge in [0.2, 0.25) is 5.01 Å². The summed E-state index contributed by atoms with van der Waals surface area (Å²) in [6, 6.07) is 3.54. The van der Waals surface area contributed by atoms with E-state index in [0.717, 1.165) is 36.3 Å². The fourth-order valence-corrected chi connectivity index (χ4v) is 3.01. The Balaban J connectivity index is 1.71. The van der Waals surface area contributed by atoms with Crippen LogP contribution in [0.2, 0.25) is 0 Å². The molecule has 1 N–H and O–H groups in total. The highest BCUT2D eigenvalue weighted by molar-refractivity contribution is 7.16. The molecule has 0 spiro atoms. The fourth-order valence-electron chi connectivity index (χ4n) is 2.21. The number of hydrogen-bond acceptors (Lipinski definition) is 5. The molecule has 1 saturated heterocycles. The quantitative estimate of drug-likeness (QED) is 0.937. The molecule has 3 rings (SSSR count). The van der Waals surface area contributed by atoms with E-state index in [-0.39, 0.29) is 21.7 Å². The smallest absolute Gasteiger partial charge is 0.282 e. The van der Waals surface area contributed by atoms with Gasteiger partial charge in [-0.3, -0.25) is 4.79 Å². The third-order valence-electron chi connectivity index (χ3n) is 3.31. The minimum Gasteiger partial charge on any atom is -0.376 e. The van der Waals surface area contributed by atoms with Crippen LogP contribution < -0.4 is 5.32 Å². The van der Waals surface area contributed by atoms with E-state index >= 15 is 0 Å². The number of nitrogens with zero attached hydrogens (tertiary/aromatic N) is 2. The number of halogens is 2. The van der Waals surface area contributed by atoms with Gasteiger partial charge in [-0.25, -0.2) is 8.78 Å². The highest BCUT2D eigenvalue weighted by atomic mass is 32.1. The molecule has 1 aliphatic rings. The molecule has 116 valence electrons. The van der Waals surface area contributed by atoms with Crippen LogP contribution in [0, 0.1) is 11.6 Å². The van der Waals surface area contributed by atoms with Crippen molar-refractivity contribution in [1.82, 2.24) is 15.5 Å². The average molecular weight is 325 g/mol. The molecule has 0 bridgehead atoms. The van der Waals surface area contributed by atoms with Crippen molar-refractivity contribution >= 4 is 17.2 Å². The van der Waals surface area contributed by atoms with Gasteiger partial charge in [-0.05, 0) is 25.0 Å². The van der Waals surface area contributed by atoms with Crippen LogP contribution >= 0.6 is 11.3 Å². The Kier molecular flexibility index (Phi) is 4.39. The van der Waals surface area contributed by atoms with Crippen molar-refractivity contribution in [1.29, 1.82) is 0 Å². The van der Waals surface area contributed by atoms with Crippen molar-refractivity contribution in [2.24, 2.45) is 0 Å². The van der Waals surface area contributed by atoms with Crippen LogP contribution in [0.4, 0.5) is 8.78 Å². The summed E-state index contributed by atoms with van der Waals surface area (Å²) in [4.78, 5) is 12.0. The van der Waals surface area contributed by atoms with Crippen molar-refractivity contribution in [3.63, 3.8) is 0 Å². The van der Waals surface area contributed by atoms with Crippen molar-refractivity contribution in [3.05, 3.63) is 34.8 Å². The Bertz CT molecular complexity index is 666. The summed E-state index contributed by atoms with van der Waals surface area (Å²) < 4.78 is 32.8. The Morgan fingerprint density at radius 3 is 2.82 bits per heavy atom. The van der Waals surface area contributed by atoms with Crippen LogP contribution in [-0.2, 0) is 4.74 Å². The van der Waals surface area contributed by atoms with Gasteiger partial charge in [0.25, 0.3) is 5.91 Å². The van der Waals surface area contributed by atoms with Crippen LogP contribution in [0.15, 0.2) is 18.2 Å². The van der Waals surface area contributed by atoms with E-state index in [9.17, 15) is 13.6 Å². The van der Waals surface area contributed by atoms with Crippen LogP contribution in [-0.4, -0.2) is 35.4 Å². The van der Waals surface area contributed by atoms with E-state index in [1.165, 1.54) is 6.07 Å². The number of hydrogen-bond donors (Lipinski definition) is 1. The van der Waals surface area contributed by atoms with Gasteiger partial charge in [0.15, 0.2) is 5.01 Å². The van der Waals surface area contributed by atoms with E-state index in [4.69, 9.17) is 4.74 Å². The summed E-state index contributed by atoms with van der Waals surface area (Å²) in [5, 5.41) is 10.2. The van der Waals surface area contributed by atoms with Gasteiger partial charge in [-0.15, -0.1) is 10.2 Å². The van der Waals surface area contributed by atoms with E-state index in [0.29, 0.717) is 13.2 Å². The molecule has 1 amide bonds. The predicted octanol–water partition coefficient (Wildman–Crippen LogP) is 2.39. The third kappa shape index (κ3) is 3.12. The number of carbonyl (C=O) groups is 1. The van der Waals surface area contributed by atoms with Crippen LogP contribution in [0.25, 0.3) is 10.6 Å². The molecule has 8 heteroatoms. The van der Waals surface area contributed by atoms with Gasteiger partial charge in [0, 0.05) is 13.2 Å². The van der Waals surface area contributed by atoms with Crippen molar-refractivity contribution < 1.29 is 18.3 Å². The summed E-state index contributed by atoms with van der Waals surface area (Å²) in [5.41, 5.74) is -0.266. The second kappa shape index (κ2) is 6.45. The lowest BCUT2D eigenvalue weighted by Crippen LogP contribution is -2.31. The van der Waals surface area contributed by atoms with Gasteiger partial charge < -0.3 is 10.1 Å². The van der Waals surface area contributed by atoms with Gasteiger partial charge in [-0.2, -0.15) is 0 Å². The van der Waals surface area contributed by atoms with Gasteiger partial charge in [0.05, 0.1) is 11.7 Å². The second-order valence-electron chi connectivity index (χ2n) is 4.85. The van der Waals surface area contributed by atoms with Crippen molar-refractivity contribution in [3.8, 4) is 10.6 Å². The molecule has 1 aromatic carbocycles. The molecule has 1 aliphatic heterocycles. The number of nitrogens with one attached hydrogen (secondary N) is 1. The number of aromatic nitrogens is 2. The number of carbonyl (C=O) groups excluding carboxylic acids is 1. The van der Waals surface area contributed by atoms with Gasteiger partial charge in [0.1, 0.15) is 11.6 Å². The molecule has 2 aromatic rings. The van der Waals surface area contributed by atoms with Crippen LogP contribution in [0.3, 0.4) is 0 Å². The van der Waals surface area contributed by atoms with Crippen LogP contribution in [0.1, 0.15) is 22.6 Å². The SMILES string of the molecule is O=C(NCC1CCCO1)c1nnc(-c2c(F)cccc2F)s1. The zero-order chi connectivity index (χ0) is 15.5. The molecule has 5 nitrogen and oxygen atoms in total. The normalized spacial score (nSPS) is 17.6. The molecule has 0 aliphatic carbocycles. The molecule has 2 heterocycles. The average Bonchev–Trinajstić information content (AvgIpc) is 3.16. The van der Waals surface area contributed by atoms with Gasteiger partial charge in [-0.1, -0.05) is 17.4 Å². The maximum Gasteiger partial charge on any atom is 0.282 e. The Hall–Kier alpha value is -1.93. The molecule has 1 fully saturated rings. The first-order valence-corrected chi connectivity index (χ1v) is 7.64. The molecule has 22 heavy (non-hydrogen) atoms. The van der Waals surface area contributed by atoms with Crippen LogP contribution in [0.5, 0.6) is 0 Å². The van der Waals surface area contributed by atoms with E-state index in [1.807, 2.05) is 0 Å². The van der Waals surface area contributed by atoms with Gasteiger partial charge >= 0.3 is 0 Å². The summed E-state index contributed by atoms with van der Waals surface area (Å²) in [5.74, 6) is -1.89. The first-order valence-electron chi connectivity index (χ1n) is 6.83. The molecule has 1 aromatic heterocycles. The molecule has 0 saturated carbocycles. The largest absolute Gasteiger partial charge is 0.376 e. The number of benzene rings is 1. The summed E-state index contributed by atoms with van der Waals surface area (Å²) in [6.45, 7) is 1.10. The lowest BCUT2D eigenvalue weighted by atomic mass is 10.2. The fraction of sp³-hybridized carbons (Fsp3) is 0.357. The van der Waals surface area contributed by atoms with E-state index in [1.54, 1.807) is 0 Å². The minimum absolute atomic E-state index is 0.0142. The standard InChI is InChI=1S/C14H13F2N3O2S/c15-9-4-1-5-10(16)11(9)13-18-19-14(22-13)12(20)17-7-8-3-2-6-21-8/h1,4-5,8H,2-3,6-7H2,(H,17,20). The Labute approximate surface area is 129 Å². The number of amides is 1. The highest BCUT2D eigenvalue weighted by Gasteiger charge is 2.21. The third-order valence-corrected chi connectivity index (χ3v) is 4.25. The Morgan fingerprint density at radius 1 is 1.36 bits per heavy atom. The maximum absolute atomic E-state index is 13.7. The summed E-state index contributed by atoms with van der Waals surface area (Å²) in [7, 11) is 0. The highest BCUT2D eigenvalue weighted by Crippen LogP contribution is 2.28. The molecule has 1 unspecified atom stereocenters. The zero-order valence-electron chi connectivity index (χ0n) is 11.5. The van der Waals surface area contributed by atoms with Crippen molar-refractivity contribution in [2.75, 3.05) is 13.2 Å². The van der Waals surface area contributed by atoms with E-state index < -0.39 is 17.5 Å². The lowest BCUT2D eigenvalue weighted by Gasteiger charge is -2.08. The molecular formula is C14H13F2N3O2S. The second-order valence-corrected chi connectivity index (χ2v) is 5.83.